The van der Waals surface area contributed by atoms with E-state index in [-0.39, 0.29) is 12.5 Å². The predicted molar refractivity (Wildman–Crippen MR) is 53.3 cm³/mol. The molecule has 0 aromatic carbocycles. The Bertz CT molecular complexity index is 199. The Morgan fingerprint density at radius 1 is 1.62 bits per heavy atom. The molecule has 0 aliphatic carbocycles. The fourth-order valence-corrected chi connectivity index (χ4v) is 0.963. The van der Waals surface area contributed by atoms with Crippen molar-refractivity contribution in [3.63, 3.8) is 0 Å². The lowest BCUT2D eigenvalue weighted by Gasteiger charge is -2.20. The van der Waals surface area contributed by atoms with Crippen molar-refractivity contribution < 1.29 is 9.90 Å². The Labute approximate surface area is 79.4 Å². The van der Waals surface area contributed by atoms with Crippen molar-refractivity contribution >= 4 is 5.91 Å². The number of hydrogen-bond acceptors (Lipinski definition) is 2. The predicted octanol–water partition coefficient (Wildman–Crippen LogP) is 0.960. The minimum absolute atomic E-state index is 0.0756. The van der Waals surface area contributed by atoms with Crippen molar-refractivity contribution in [2.75, 3.05) is 19.7 Å². The summed E-state index contributed by atoms with van der Waals surface area (Å²) in [7, 11) is 0. The molecule has 3 nitrogen and oxygen atoms in total. The van der Waals surface area contributed by atoms with E-state index in [0.29, 0.717) is 25.1 Å². The van der Waals surface area contributed by atoms with Crippen LogP contribution in [0.1, 0.15) is 13.3 Å². The molecule has 0 aliphatic rings. The normalized spacial score (nSPS) is 9.38. The van der Waals surface area contributed by atoms with Crippen LogP contribution in [0.15, 0.2) is 24.8 Å². The van der Waals surface area contributed by atoms with Gasteiger partial charge in [-0.1, -0.05) is 12.7 Å². The number of amides is 1. The Hall–Kier alpha value is -1.09. The average molecular weight is 183 g/mol. The molecule has 0 atom stereocenters. The highest BCUT2D eigenvalue weighted by Gasteiger charge is 2.11. The number of hydrogen-bond donors (Lipinski definition) is 1. The third-order valence-corrected chi connectivity index (χ3v) is 1.59. The summed E-state index contributed by atoms with van der Waals surface area (Å²) in [6.07, 6.45) is 2.26. The average Bonchev–Trinajstić information content (AvgIpc) is 2.11. The maximum Gasteiger partial charge on any atom is 0.249 e. The van der Waals surface area contributed by atoms with Crippen molar-refractivity contribution in [2.24, 2.45) is 0 Å². The number of carbonyl (C=O) groups is 1. The van der Waals surface area contributed by atoms with Crippen LogP contribution in [0.2, 0.25) is 0 Å². The molecule has 3 heteroatoms. The second kappa shape index (κ2) is 6.43. The van der Waals surface area contributed by atoms with Crippen LogP contribution in [-0.4, -0.2) is 35.6 Å². The molecule has 0 saturated carbocycles. The molecule has 0 radical (unpaired) electrons. The molecule has 0 heterocycles. The molecule has 1 N–H and O–H groups in total. The van der Waals surface area contributed by atoms with Gasteiger partial charge in [0.2, 0.25) is 5.91 Å². The monoisotopic (exact) mass is 183 g/mol. The zero-order valence-corrected chi connectivity index (χ0v) is 8.12. The molecule has 0 spiro atoms. The molecular formula is C10H17NO2. The Kier molecular flexibility index (Phi) is 5.89. The van der Waals surface area contributed by atoms with Gasteiger partial charge in [0.15, 0.2) is 0 Å². The van der Waals surface area contributed by atoms with Gasteiger partial charge in [-0.3, -0.25) is 4.79 Å². The lowest BCUT2D eigenvalue weighted by atomic mass is 10.2. The van der Waals surface area contributed by atoms with E-state index in [0.717, 1.165) is 0 Å². The molecule has 13 heavy (non-hydrogen) atoms. The minimum atomic E-state index is -0.0756. The molecule has 0 fully saturated rings. The van der Waals surface area contributed by atoms with E-state index in [1.807, 2.05) is 0 Å². The van der Waals surface area contributed by atoms with Crippen LogP contribution >= 0.6 is 0 Å². The zero-order chi connectivity index (χ0) is 10.3. The van der Waals surface area contributed by atoms with Gasteiger partial charge in [0.25, 0.3) is 0 Å². The summed E-state index contributed by atoms with van der Waals surface area (Å²) in [5.41, 5.74) is 0.514. The Morgan fingerprint density at radius 2 is 2.23 bits per heavy atom. The fourth-order valence-electron chi connectivity index (χ4n) is 0.963. The third kappa shape index (κ3) is 4.48. The summed E-state index contributed by atoms with van der Waals surface area (Å²) in [6, 6.07) is 0. The molecule has 0 unspecified atom stereocenters. The topological polar surface area (TPSA) is 40.5 Å². The van der Waals surface area contributed by atoms with Gasteiger partial charge in [-0.25, -0.2) is 0 Å². The lowest BCUT2D eigenvalue weighted by molar-refractivity contribution is -0.126. The summed E-state index contributed by atoms with van der Waals surface area (Å²) in [4.78, 5) is 13.1. The van der Waals surface area contributed by atoms with Gasteiger partial charge in [0, 0.05) is 25.3 Å². The van der Waals surface area contributed by atoms with Crippen molar-refractivity contribution in [2.45, 2.75) is 13.3 Å². The molecule has 0 aromatic rings. The first-order valence-electron chi connectivity index (χ1n) is 4.30. The summed E-state index contributed by atoms with van der Waals surface area (Å²) < 4.78 is 0. The van der Waals surface area contributed by atoms with Crippen LogP contribution in [0.4, 0.5) is 0 Å². The molecule has 0 aromatic heterocycles. The Balaban J connectivity index is 4.14. The van der Waals surface area contributed by atoms with E-state index in [9.17, 15) is 4.79 Å². The van der Waals surface area contributed by atoms with Gasteiger partial charge in [0.1, 0.15) is 0 Å². The highest BCUT2D eigenvalue weighted by molar-refractivity contribution is 5.92. The van der Waals surface area contributed by atoms with Crippen LogP contribution in [0, 0.1) is 0 Å². The number of carbonyl (C=O) groups excluding carboxylic acids is 1. The maximum absolute atomic E-state index is 11.4. The van der Waals surface area contributed by atoms with Crippen molar-refractivity contribution in [3.05, 3.63) is 24.8 Å². The van der Waals surface area contributed by atoms with E-state index in [1.165, 1.54) is 0 Å². The van der Waals surface area contributed by atoms with Gasteiger partial charge < -0.3 is 10.0 Å². The highest BCUT2D eigenvalue weighted by Crippen LogP contribution is 2.00. The molecule has 74 valence electrons. The summed E-state index contributed by atoms with van der Waals surface area (Å²) in [5.74, 6) is -0.0756. The SMILES string of the molecule is C=CCN(CCCO)C(=O)C(=C)C. The largest absolute Gasteiger partial charge is 0.396 e. The van der Waals surface area contributed by atoms with Gasteiger partial charge in [-0.15, -0.1) is 6.58 Å². The number of rotatable bonds is 6. The quantitative estimate of drug-likeness (QED) is 0.492. The molecule has 0 aliphatic heterocycles. The maximum atomic E-state index is 11.4. The van der Waals surface area contributed by atoms with E-state index in [1.54, 1.807) is 17.9 Å². The van der Waals surface area contributed by atoms with Crippen LogP contribution in [0.25, 0.3) is 0 Å². The number of aliphatic hydroxyl groups excluding tert-OH is 1. The molecule has 1 amide bonds. The van der Waals surface area contributed by atoms with Gasteiger partial charge in [0.05, 0.1) is 0 Å². The van der Waals surface area contributed by atoms with Gasteiger partial charge in [-0.05, 0) is 13.3 Å². The van der Waals surface area contributed by atoms with Crippen LogP contribution < -0.4 is 0 Å². The van der Waals surface area contributed by atoms with Gasteiger partial charge >= 0.3 is 0 Å². The first kappa shape index (κ1) is 11.9. The second-order valence-corrected chi connectivity index (χ2v) is 2.90. The first-order chi connectivity index (χ1) is 6.13. The number of aliphatic hydroxyl groups is 1. The van der Waals surface area contributed by atoms with Crippen LogP contribution in [0.3, 0.4) is 0 Å². The summed E-state index contributed by atoms with van der Waals surface area (Å²) >= 11 is 0. The van der Waals surface area contributed by atoms with Crippen molar-refractivity contribution in [3.8, 4) is 0 Å². The van der Waals surface area contributed by atoms with Crippen molar-refractivity contribution in [1.29, 1.82) is 0 Å². The van der Waals surface area contributed by atoms with E-state index in [4.69, 9.17) is 5.11 Å². The third-order valence-electron chi connectivity index (χ3n) is 1.59. The fraction of sp³-hybridized carbons (Fsp3) is 0.500. The highest BCUT2D eigenvalue weighted by atomic mass is 16.3. The number of nitrogens with zero attached hydrogens (tertiary/aromatic N) is 1. The van der Waals surface area contributed by atoms with Crippen molar-refractivity contribution in [1.82, 2.24) is 4.90 Å². The second-order valence-electron chi connectivity index (χ2n) is 2.90. The summed E-state index contributed by atoms with van der Waals surface area (Å²) in [6.45, 7) is 9.97. The van der Waals surface area contributed by atoms with E-state index >= 15 is 0 Å². The van der Waals surface area contributed by atoms with Crippen LogP contribution in [-0.2, 0) is 4.79 Å². The smallest absolute Gasteiger partial charge is 0.249 e. The molecule has 0 saturated heterocycles. The first-order valence-corrected chi connectivity index (χ1v) is 4.30. The summed E-state index contributed by atoms with van der Waals surface area (Å²) in [5, 5.41) is 8.62. The minimum Gasteiger partial charge on any atom is -0.396 e. The van der Waals surface area contributed by atoms with Crippen LogP contribution in [0.5, 0.6) is 0 Å². The van der Waals surface area contributed by atoms with Gasteiger partial charge in [-0.2, -0.15) is 0 Å². The zero-order valence-electron chi connectivity index (χ0n) is 8.12. The molecular weight excluding hydrogens is 166 g/mol. The molecule has 0 rings (SSSR count). The lowest BCUT2D eigenvalue weighted by Crippen LogP contribution is -2.32. The van der Waals surface area contributed by atoms with E-state index < -0.39 is 0 Å². The molecule has 0 bridgehead atoms. The van der Waals surface area contributed by atoms with E-state index in [2.05, 4.69) is 13.2 Å². The Morgan fingerprint density at radius 3 is 2.62 bits per heavy atom. The standard InChI is InChI=1S/C10H17NO2/c1-4-6-11(7-5-8-12)10(13)9(2)3/h4,12H,1-2,5-8H2,3H3.